The minimum Gasteiger partial charge on any atom is -0.462 e. The molecule has 128 valence electrons. The molecule has 0 heterocycles. The first-order valence-corrected chi connectivity index (χ1v) is 9.24. The van der Waals surface area contributed by atoms with Gasteiger partial charge < -0.3 is 10.1 Å². The van der Waals surface area contributed by atoms with Crippen LogP contribution >= 0.6 is 0 Å². The molecule has 0 unspecified atom stereocenters. The van der Waals surface area contributed by atoms with Crippen molar-refractivity contribution >= 4 is 33.1 Å². The van der Waals surface area contributed by atoms with E-state index in [-0.39, 0.29) is 5.75 Å². The highest BCUT2D eigenvalue weighted by Gasteiger charge is 2.12. The molecule has 0 aliphatic carbocycles. The molecule has 0 spiro atoms. The third kappa shape index (κ3) is 4.73. The van der Waals surface area contributed by atoms with E-state index in [2.05, 4.69) is 10.0 Å². The number of sulfonamides is 1. The van der Waals surface area contributed by atoms with E-state index in [4.69, 9.17) is 4.74 Å². The van der Waals surface area contributed by atoms with Gasteiger partial charge in [0.05, 0.1) is 23.6 Å². The van der Waals surface area contributed by atoms with Crippen LogP contribution in [0, 0.1) is 0 Å². The van der Waals surface area contributed by atoms with Gasteiger partial charge in [0.25, 0.3) is 0 Å². The summed E-state index contributed by atoms with van der Waals surface area (Å²) in [5.41, 5.74) is 2.28. The number of hydrogen-bond acceptors (Lipinski definition) is 5. The smallest absolute Gasteiger partial charge is 0.340 e. The number of carbonyl (C=O) groups is 1. The van der Waals surface area contributed by atoms with E-state index in [1.54, 1.807) is 56.3 Å². The second-order valence-electron chi connectivity index (χ2n) is 4.97. The van der Waals surface area contributed by atoms with E-state index in [9.17, 15) is 13.2 Å². The predicted octanol–water partition coefficient (Wildman–Crippen LogP) is 3.37. The molecule has 7 heteroatoms. The van der Waals surface area contributed by atoms with Gasteiger partial charge >= 0.3 is 5.97 Å². The number of hydrogen-bond donors (Lipinski definition) is 2. The average Bonchev–Trinajstić information content (AvgIpc) is 2.57. The Labute approximate surface area is 141 Å². The summed E-state index contributed by atoms with van der Waals surface area (Å²) < 4.78 is 30.6. The molecule has 2 aromatic carbocycles. The molecule has 0 fully saturated rings. The molecule has 2 rings (SSSR count). The minimum absolute atomic E-state index is 0.0138. The number of ether oxygens (including phenoxy) is 1. The molecule has 0 saturated heterocycles. The summed E-state index contributed by atoms with van der Waals surface area (Å²) in [6.07, 6.45) is 0. The van der Waals surface area contributed by atoms with Gasteiger partial charge in [0, 0.05) is 11.4 Å². The number of para-hydroxylation sites is 1. The largest absolute Gasteiger partial charge is 0.462 e. The highest BCUT2D eigenvalue weighted by atomic mass is 32.2. The number of nitrogens with one attached hydrogen (secondary N) is 2. The fourth-order valence-corrected chi connectivity index (χ4v) is 2.65. The van der Waals surface area contributed by atoms with Crippen molar-refractivity contribution in [2.75, 3.05) is 22.4 Å². The van der Waals surface area contributed by atoms with Crippen molar-refractivity contribution < 1.29 is 17.9 Å². The molecule has 24 heavy (non-hydrogen) atoms. The number of esters is 1. The van der Waals surface area contributed by atoms with Crippen molar-refractivity contribution in [3.63, 3.8) is 0 Å². The Morgan fingerprint density at radius 3 is 2.25 bits per heavy atom. The first-order valence-electron chi connectivity index (χ1n) is 7.59. The van der Waals surface area contributed by atoms with Crippen LogP contribution in [-0.2, 0) is 14.8 Å². The van der Waals surface area contributed by atoms with E-state index < -0.39 is 16.0 Å². The highest BCUT2D eigenvalue weighted by Crippen LogP contribution is 2.23. The summed E-state index contributed by atoms with van der Waals surface area (Å²) in [6.45, 7) is 3.63. The van der Waals surface area contributed by atoms with Crippen LogP contribution in [0.1, 0.15) is 24.2 Å². The van der Waals surface area contributed by atoms with Crippen LogP contribution in [0.4, 0.5) is 17.1 Å². The lowest BCUT2D eigenvalue weighted by Gasteiger charge is -2.12. The number of anilines is 3. The second kappa shape index (κ2) is 7.83. The average molecular weight is 348 g/mol. The zero-order valence-electron chi connectivity index (χ0n) is 13.6. The second-order valence-corrected chi connectivity index (χ2v) is 6.98. The van der Waals surface area contributed by atoms with Gasteiger partial charge in [0.15, 0.2) is 0 Å². The Balaban J connectivity index is 2.16. The normalized spacial score (nSPS) is 10.9. The molecule has 0 atom stereocenters. The van der Waals surface area contributed by atoms with E-state index >= 15 is 0 Å². The molecule has 2 aromatic rings. The summed E-state index contributed by atoms with van der Waals surface area (Å²) in [5, 5.41) is 3.14. The molecule has 2 N–H and O–H groups in total. The van der Waals surface area contributed by atoms with Gasteiger partial charge in [-0.25, -0.2) is 13.2 Å². The Kier molecular flexibility index (Phi) is 5.81. The molecular formula is C17H20N2O4S. The Morgan fingerprint density at radius 2 is 1.62 bits per heavy atom. The topological polar surface area (TPSA) is 84.5 Å². The summed E-state index contributed by atoms with van der Waals surface area (Å²) in [5.74, 6) is -0.382. The monoisotopic (exact) mass is 348 g/mol. The van der Waals surface area contributed by atoms with Crippen molar-refractivity contribution in [2.24, 2.45) is 0 Å². The maximum Gasteiger partial charge on any atom is 0.340 e. The van der Waals surface area contributed by atoms with Gasteiger partial charge in [0.1, 0.15) is 0 Å². The van der Waals surface area contributed by atoms with E-state index in [0.29, 0.717) is 23.5 Å². The van der Waals surface area contributed by atoms with Crippen LogP contribution < -0.4 is 10.0 Å². The molecule has 0 aromatic heterocycles. The number of benzene rings is 2. The van der Waals surface area contributed by atoms with Crippen molar-refractivity contribution in [2.45, 2.75) is 13.8 Å². The van der Waals surface area contributed by atoms with Gasteiger partial charge in [-0.3, -0.25) is 4.72 Å². The Hall–Kier alpha value is -2.54. The molecule has 0 amide bonds. The van der Waals surface area contributed by atoms with Crippen molar-refractivity contribution in [1.29, 1.82) is 0 Å². The third-order valence-corrected chi connectivity index (χ3v) is 4.55. The standard InChI is InChI=1S/C17H20N2O4S/c1-3-23-17(20)15-7-5-6-8-16(15)18-13-9-11-14(12-10-13)19-24(21,22)4-2/h5-12,18-19H,3-4H2,1-2H3. The number of rotatable bonds is 7. The van der Waals surface area contributed by atoms with Crippen LogP contribution in [0.25, 0.3) is 0 Å². The SMILES string of the molecule is CCOC(=O)c1ccccc1Nc1ccc(NS(=O)(=O)CC)cc1. The summed E-state index contributed by atoms with van der Waals surface area (Å²) in [4.78, 5) is 12.0. The molecule has 0 radical (unpaired) electrons. The van der Waals surface area contributed by atoms with Crippen molar-refractivity contribution in [1.82, 2.24) is 0 Å². The zero-order chi connectivity index (χ0) is 17.6. The lowest BCUT2D eigenvalue weighted by atomic mass is 10.1. The summed E-state index contributed by atoms with van der Waals surface area (Å²) in [7, 11) is -3.30. The summed E-state index contributed by atoms with van der Waals surface area (Å²) >= 11 is 0. The van der Waals surface area contributed by atoms with Crippen LogP contribution in [0.15, 0.2) is 48.5 Å². The maximum absolute atomic E-state index is 12.0. The molecular weight excluding hydrogens is 328 g/mol. The predicted molar refractivity (Wildman–Crippen MR) is 95.2 cm³/mol. The van der Waals surface area contributed by atoms with Crippen LogP contribution in [0.3, 0.4) is 0 Å². The van der Waals surface area contributed by atoms with E-state index in [1.165, 1.54) is 0 Å². The van der Waals surface area contributed by atoms with E-state index in [1.807, 2.05) is 6.07 Å². The lowest BCUT2D eigenvalue weighted by Crippen LogP contribution is -2.14. The summed E-state index contributed by atoms with van der Waals surface area (Å²) in [6, 6.07) is 13.8. The molecule has 0 bridgehead atoms. The van der Waals surface area contributed by atoms with Gasteiger partial charge in [-0.1, -0.05) is 12.1 Å². The van der Waals surface area contributed by atoms with Crippen LogP contribution in [-0.4, -0.2) is 26.7 Å². The molecule has 0 aliphatic rings. The first kappa shape index (κ1) is 17.8. The Bertz CT molecular complexity index is 802. The van der Waals surface area contributed by atoms with Crippen LogP contribution in [0.5, 0.6) is 0 Å². The Morgan fingerprint density at radius 1 is 1.00 bits per heavy atom. The first-order chi connectivity index (χ1) is 11.4. The van der Waals surface area contributed by atoms with E-state index in [0.717, 1.165) is 5.69 Å². The fourth-order valence-electron chi connectivity index (χ4n) is 2.01. The number of carbonyl (C=O) groups excluding carboxylic acids is 1. The fraction of sp³-hybridized carbons (Fsp3) is 0.235. The molecule has 0 saturated carbocycles. The highest BCUT2D eigenvalue weighted by molar-refractivity contribution is 7.92. The van der Waals surface area contributed by atoms with Gasteiger partial charge in [-0.05, 0) is 50.2 Å². The molecule has 6 nitrogen and oxygen atoms in total. The van der Waals surface area contributed by atoms with Crippen molar-refractivity contribution in [3.8, 4) is 0 Å². The van der Waals surface area contributed by atoms with Crippen molar-refractivity contribution in [3.05, 3.63) is 54.1 Å². The minimum atomic E-state index is -3.30. The van der Waals surface area contributed by atoms with Gasteiger partial charge in [0.2, 0.25) is 10.0 Å². The molecule has 0 aliphatic heterocycles. The van der Waals surface area contributed by atoms with Gasteiger partial charge in [-0.15, -0.1) is 0 Å². The quantitative estimate of drug-likeness (QED) is 0.750. The van der Waals surface area contributed by atoms with Crippen LogP contribution in [0.2, 0.25) is 0 Å². The van der Waals surface area contributed by atoms with Gasteiger partial charge in [-0.2, -0.15) is 0 Å². The maximum atomic E-state index is 12.0. The lowest BCUT2D eigenvalue weighted by molar-refractivity contribution is 0.0527. The zero-order valence-corrected chi connectivity index (χ0v) is 14.4. The third-order valence-electron chi connectivity index (χ3n) is 3.24.